The lowest BCUT2D eigenvalue weighted by Gasteiger charge is -2.10. The Balaban J connectivity index is 1.83. The standard InChI is InChI=1S/C16H18BrNO/c17-15-8-9-16(14(11-15)12-18)19-10-4-7-13-5-2-1-3-6-13/h1-3,5-6,8-9,11H,4,7,10,12,18H2. The molecule has 0 aliphatic rings. The molecule has 0 aliphatic heterocycles. The van der Waals surface area contributed by atoms with Crippen LogP contribution in [0.1, 0.15) is 17.5 Å². The van der Waals surface area contributed by atoms with E-state index in [0.717, 1.165) is 28.6 Å². The van der Waals surface area contributed by atoms with Crippen LogP contribution in [0.2, 0.25) is 0 Å². The zero-order valence-electron chi connectivity index (χ0n) is 10.8. The summed E-state index contributed by atoms with van der Waals surface area (Å²) in [5.74, 6) is 0.888. The predicted octanol–water partition coefficient (Wildman–Crippen LogP) is 3.92. The topological polar surface area (TPSA) is 35.2 Å². The van der Waals surface area contributed by atoms with Gasteiger partial charge >= 0.3 is 0 Å². The van der Waals surface area contributed by atoms with Gasteiger partial charge in [-0.15, -0.1) is 0 Å². The summed E-state index contributed by atoms with van der Waals surface area (Å²) in [7, 11) is 0. The third-order valence-corrected chi connectivity index (χ3v) is 3.45. The summed E-state index contributed by atoms with van der Waals surface area (Å²) in [6.07, 6.45) is 2.04. The minimum absolute atomic E-state index is 0.494. The molecule has 0 saturated carbocycles. The summed E-state index contributed by atoms with van der Waals surface area (Å²) >= 11 is 3.44. The van der Waals surface area contributed by atoms with Crippen LogP contribution in [0, 0.1) is 0 Å². The van der Waals surface area contributed by atoms with Gasteiger partial charge < -0.3 is 10.5 Å². The molecule has 0 bridgehead atoms. The maximum atomic E-state index is 5.80. The molecule has 0 radical (unpaired) electrons. The number of benzene rings is 2. The first kappa shape index (κ1) is 14.1. The lowest BCUT2D eigenvalue weighted by atomic mass is 10.1. The van der Waals surface area contributed by atoms with Crippen molar-refractivity contribution in [2.75, 3.05) is 6.61 Å². The normalized spacial score (nSPS) is 10.4. The summed E-state index contributed by atoms with van der Waals surface area (Å²) in [4.78, 5) is 0. The Bertz CT molecular complexity index is 513. The van der Waals surface area contributed by atoms with Crippen LogP contribution in [0.4, 0.5) is 0 Å². The summed E-state index contributed by atoms with van der Waals surface area (Å²) in [6, 6.07) is 16.4. The summed E-state index contributed by atoms with van der Waals surface area (Å²) in [6.45, 7) is 1.21. The van der Waals surface area contributed by atoms with Gasteiger partial charge in [0.25, 0.3) is 0 Å². The molecule has 19 heavy (non-hydrogen) atoms. The van der Waals surface area contributed by atoms with Gasteiger partial charge in [-0.05, 0) is 36.6 Å². The van der Waals surface area contributed by atoms with Crippen LogP contribution in [-0.4, -0.2) is 6.61 Å². The van der Waals surface area contributed by atoms with Crippen LogP contribution in [0.15, 0.2) is 53.0 Å². The summed E-state index contributed by atoms with van der Waals surface area (Å²) in [5, 5.41) is 0. The van der Waals surface area contributed by atoms with Gasteiger partial charge in [-0.3, -0.25) is 0 Å². The van der Waals surface area contributed by atoms with Crippen LogP contribution >= 0.6 is 15.9 Å². The van der Waals surface area contributed by atoms with E-state index in [1.165, 1.54) is 5.56 Å². The second-order valence-corrected chi connectivity index (χ2v) is 5.31. The SMILES string of the molecule is NCc1cc(Br)ccc1OCCCc1ccccc1. The number of hydrogen-bond donors (Lipinski definition) is 1. The molecule has 0 saturated heterocycles. The Labute approximate surface area is 122 Å². The van der Waals surface area contributed by atoms with Crippen molar-refractivity contribution < 1.29 is 4.74 Å². The maximum Gasteiger partial charge on any atom is 0.123 e. The average Bonchev–Trinajstić information content (AvgIpc) is 2.46. The van der Waals surface area contributed by atoms with Gasteiger partial charge in [-0.1, -0.05) is 46.3 Å². The van der Waals surface area contributed by atoms with E-state index < -0.39 is 0 Å². The van der Waals surface area contributed by atoms with Gasteiger partial charge in [0.1, 0.15) is 5.75 Å². The van der Waals surface area contributed by atoms with E-state index in [-0.39, 0.29) is 0 Å². The van der Waals surface area contributed by atoms with Crippen molar-refractivity contribution in [1.29, 1.82) is 0 Å². The molecule has 0 fully saturated rings. The van der Waals surface area contributed by atoms with Gasteiger partial charge in [0, 0.05) is 16.6 Å². The molecule has 0 spiro atoms. The number of rotatable bonds is 6. The third-order valence-electron chi connectivity index (χ3n) is 2.95. The fourth-order valence-corrected chi connectivity index (χ4v) is 2.36. The molecule has 2 nitrogen and oxygen atoms in total. The minimum Gasteiger partial charge on any atom is -0.493 e. The average molecular weight is 320 g/mol. The van der Waals surface area contributed by atoms with Crippen molar-refractivity contribution in [2.45, 2.75) is 19.4 Å². The molecule has 2 rings (SSSR count). The molecule has 0 heterocycles. The number of nitrogens with two attached hydrogens (primary N) is 1. The van der Waals surface area contributed by atoms with Crippen molar-refractivity contribution in [3.05, 3.63) is 64.1 Å². The molecular weight excluding hydrogens is 302 g/mol. The van der Waals surface area contributed by atoms with E-state index in [0.29, 0.717) is 13.2 Å². The highest BCUT2D eigenvalue weighted by atomic mass is 79.9. The number of aryl methyl sites for hydroxylation is 1. The quantitative estimate of drug-likeness (QED) is 0.819. The second kappa shape index (κ2) is 7.31. The molecule has 2 N–H and O–H groups in total. The van der Waals surface area contributed by atoms with Crippen molar-refractivity contribution in [3.8, 4) is 5.75 Å². The first-order valence-electron chi connectivity index (χ1n) is 6.45. The fraction of sp³-hybridized carbons (Fsp3) is 0.250. The van der Waals surface area contributed by atoms with E-state index in [1.807, 2.05) is 24.3 Å². The van der Waals surface area contributed by atoms with Crippen molar-refractivity contribution in [2.24, 2.45) is 5.73 Å². The highest BCUT2D eigenvalue weighted by Crippen LogP contribution is 2.23. The fourth-order valence-electron chi connectivity index (χ4n) is 1.95. The summed E-state index contributed by atoms with van der Waals surface area (Å²) in [5.41, 5.74) is 8.10. The van der Waals surface area contributed by atoms with Crippen molar-refractivity contribution in [3.63, 3.8) is 0 Å². The monoisotopic (exact) mass is 319 g/mol. The molecule has 2 aromatic carbocycles. The van der Waals surface area contributed by atoms with E-state index in [2.05, 4.69) is 40.2 Å². The van der Waals surface area contributed by atoms with Crippen LogP contribution in [0.3, 0.4) is 0 Å². The van der Waals surface area contributed by atoms with Crippen LogP contribution in [0.25, 0.3) is 0 Å². The lowest BCUT2D eigenvalue weighted by Crippen LogP contribution is -2.04. The lowest BCUT2D eigenvalue weighted by molar-refractivity contribution is 0.308. The Morgan fingerprint density at radius 1 is 1.05 bits per heavy atom. The maximum absolute atomic E-state index is 5.80. The van der Waals surface area contributed by atoms with Crippen LogP contribution in [-0.2, 0) is 13.0 Å². The highest BCUT2D eigenvalue weighted by Gasteiger charge is 2.03. The third kappa shape index (κ3) is 4.37. The summed E-state index contributed by atoms with van der Waals surface area (Å²) < 4.78 is 6.84. The Morgan fingerprint density at radius 2 is 1.84 bits per heavy atom. The van der Waals surface area contributed by atoms with Gasteiger partial charge in [0.05, 0.1) is 6.61 Å². The molecule has 100 valence electrons. The Hall–Kier alpha value is -1.32. The smallest absolute Gasteiger partial charge is 0.123 e. The van der Waals surface area contributed by atoms with E-state index >= 15 is 0 Å². The molecule has 0 aromatic heterocycles. The van der Waals surface area contributed by atoms with Gasteiger partial charge in [-0.2, -0.15) is 0 Å². The highest BCUT2D eigenvalue weighted by molar-refractivity contribution is 9.10. The van der Waals surface area contributed by atoms with Crippen LogP contribution < -0.4 is 10.5 Å². The largest absolute Gasteiger partial charge is 0.493 e. The first-order chi connectivity index (χ1) is 9.29. The van der Waals surface area contributed by atoms with Crippen LogP contribution in [0.5, 0.6) is 5.75 Å². The zero-order chi connectivity index (χ0) is 13.5. The van der Waals surface area contributed by atoms with Gasteiger partial charge in [0.2, 0.25) is 0 Å². The van der Waals surface area contributed by atoms with Gasteiger partial charge in [-0.25, -0.2) is 0 Å². The first-order valence-corrected chi connectivity index (χ1v) is 7.24. The Morgan fingerprint density at radius 3 is 2.58 bits per heavy atom. The second-order valence-electron chi connectivity index (χ2n) is 4.39. The number of hydrogen-bond acceptors (Lipinski definition) is 2. The van der Waals surface area contributed by atoms with E-state index in [1.54, 1.807) is 0 Å². The zero-order valence-corrected chi connectivity index (χ0v) is 12.4. The molecule has 0 aliphatic carbocycles. The number of ether oxygens (including phenoxy) is 1. The molecule has 0 amide bonds. The molecular formula is C16H18BrNO. The Kier molecular flexibility index (Phi) is 5.43. The molecule has 2 aromatic rings. The van der Waals surface area contributed by atoms with E-state index in [4.69, 9.17) is 10.5 Å². The molecule has 3 heteroatoms. The minimum atomic E-state index is 0.494. The van der Waals surface area contributed by atoms with Crippen molar-refractivity contribution >= 4 is 15.9 Å². The molecule has 0 unspecified atom stereocenters. The molecule has 0 atom stereocenters. The van der Waals surface area contributed by atoms with Crippen molar-refractivity contribution in [1.82, 2.24) is 0 Å². The number of halogens is 1. The van der Waals surface area contributed by atoms with E-state index in [9.17, 15) is 0 Å². The van der Waals surface area contributed by atoms with Gasteiger partial charge in [0.15, 0.2) is 0 Å². The predicted molar refractivity (Wildman–Crippen MR) is 82.3 cm³/mol.